The van der Waals surface area contributed by atoms with Crippen LogP contribution >= 0.6 is 11.8 Å². The molecule has 0 saturated carbocycles. The molecule has 1 N–H and O–H groups in total. The van der Waals surface area contributed by atoms with E-state index < -0.39 is 0 Å². The van der Waals surface area contributed by atoms with E-state index in [1.165, 1.54) is 27.1 Å². The first-order chi connectivity index (χ1) is 9.70. The molecule has 2 aromatic carbocycles. The standard InChI is InChI=1S/C18H23NS/c1-4-19-12-16-9-10-18(11-15(16)3)20-13-17-8-6-5-7-14(17)2/h5-11,19H,4,12-13H2,1-3H3. The molecule has 0 amide bonds. The zero-order valence-electron chi connectivity index (χ0n) is 12.6. The van der Waals surface area contributed by atoms with Gasteiger partial charge in [0.05, 0.1) is 0 Å². The summed E-state index contributed by atoms with van der Waals surface area (Å²) < 4.78 is 0. The SMILES string of the molecule is CCNCc1ccc(SCc2ccccc2C)cc1C. The van der Waals surface area contributed by atoms with Crippen LogP contribution in [0.4, 0.5) is 0 Å². The minimum absolute atomic E-state index is 0.963. The van der Waals surface area contributed by atoms with Crippen LogP contribution < -0.4 is 5.32 Å². The average molecular weight is 285 g/mol. The van der Waals surface area contributed by atoms with Crippen LogP contribution in [0, 0.1) is 13.8 Å². The van der Waals surface area contributed by atoms with Crippen molar-refractivity contribution in [3.05, 3.63) is 64.7 Å². The highest BCUT2D eigenvalue weighted by Gasteiger charge is 2.02. The number of rotatable bonds is 6. The van der Waals surface area contributed by atoms with Crippen molar-refractivity contribution in [1.82, 2.24) is 5.32 Å². The molecule has 0 bridgehead atoms. The van der Waals surface area contributed by atoms with E-state index in [2.05, 4.69) is 68.6 Å². The van der Waals surface area contributed by atoms with Crippen molar-refractivity contribution in [2.45, 2.75) is 38.0 Å². The van der Waals surface area contributed by atoms with Gasteiger partial charge in [-0.3, -0.25) is 0 Å². The number of aryl methyl sites for hydroxylation is 2. The van der Waals surface area contributed by atoms with Crippen LogP contribution in [-0.2, 0) is 12.3 Å². The highest BCUT2D eigenvalue weighted by Crippen LogP contribution is 2.26. The van der Waals surface area contributed by atoms with Crippen LogP contribution in [0.5, 0.6) is 0 Å². The van der Waals surface area contributed by atoms with Crippen molar-refractivity contribution < 1.29 is 0 Å². The molecule has 0 saturated heterocycles. The Morgan fingerprint density at radius 3 is 2.45 bits per heavy atom. The van der Waals surface area contributed by atoms with E-state index in [-0.39, 0.29) is 0 Å². The van der Waals surface area contributed by atoms with Crippen LogP contribution in [0.25, 0.3) is 0 Å². The van der Waals surface area contributed by atoms with Gasteiger partial charge in [0.15, 0.2) is 0 Å². The molecule has 0 aromatic heterocycles. The molecule has 0 aliphatic rings. The zero-order chi connectivity index (χ0) is 14.4. The highest BCUT2D eigenvalue weighted by molar-refractivity contribution is 7.98. The van der Waals surface area contributed by atoms with Crippen molar-refractivity contribution in [3.63, 3.8) is 0 Å². The summed E-state index contributed by atoms with van der Waals surface area (Å²) in [5.41, 5.74) is 5.57. The molecule has 0 fully saturated rings. The fourth-order valence-electron chi connectivity index (χ4n) is 2.15. The van der Waals surface area contributed by atoms with Gasteiger partial charge in [0.1, 0.15) is 0 Å². The fraction of sp³-hybridized carbons (Fsp3) is 0.333. The second kappa shape index (κ2) is 7.51. The first kappa shape index (κ1) is 15.1. The summed E-state index contributed by atoms with van der Waals surface area (Å²) in [6.07, 6.45) is 0. The molecule has 0 atom stereocenters. The van der Waals surface area contributed by atoms with Gasteiger partial charge in [0, 0.05) is 17.2 Å². The van der Waals surface area contributed by atoms with Gasteiger partial charge in [-0.15, -0.1) is 11.8 Å². The third kappa shape index (κ3) is 4.12. The maximum atomic E-state index is 3.38. The Kier molecular flexibility index (Phi) is 5.69. The van der Waals surface area contributed by atoms with E-state index in [1.54, 1.807) is 0 Å². The fourth-order valence-corrected chi connectivity index (χ4v) is 3.22. The quantitative estimate of drug-likeness (QED) is 0.772. The van der Waals surface area contributed by atoms with Gasteiger partial charge < -0.3 is 5.32 Å². The zero-order valence-corrected chi connectivity index (χ0v) is 13.4. The van der Waals surface area contributed by atoms with E-state index in [9.17, 15) is 0 Å². The molecule has 2 rings (SSSR count). The van der Waals surface area contributed by atoms with Crippen LogP contribution in [0.2, 0.25) is 0 Å². The Bertz CT molecular complexity index is 563. The number of hydrogen-bond donors (Lipinski definition) is 1. The van der Waals surface area contributed by atoms with Gasteiger partial charge >= 0.3 is 0 Å². The third-order valence-corrected chi connectivity index (χ3v) is 4.58. The van der Waals surface area contributed by atoms with Gasteiger partial charge in [-0.25, -0.2) is 0 Å². The lowest BCUT2D eigenvalue weighted by Gasteiger charge is -2.10. The normalized spacial score (nSPS) is 10.8. The summed E-state index contributed by atoms with van der Waals surface area (Å²) in [7, 11) is 0. The van der Waals surface area contributed by atoms with E-state index >= 15 is 0 Å². The second-order valence-corrected chi connectivity index (χ2v) is 6.13. The molecule has 20 heavy (non-hydrogen) atoms. The summed E-state index contributed by atoms with van der Waals surface area (Å²) in [6, 6.07) is 15.4. The average Bonchev–Trinajstić information content (AvgIpc) is 2.45. The minimum atomic E-state index is 0.963. The van der Waals surface area contributed by atoms with Crippen molar-refractivity contribution in [2.75, 3.05) is 6.54 Å². The van der Waals surface area contributed by atoms with Crippen LogP contribution in [-0.4, -0.2) is 6.54 Å². The minimum Gasteiger partial charge on any atom is -0.313 e. The van der Waals surface area contributed by atoms with Gasteiger partial charge in [0.25, 0.3) is 0 Å². The third-order valence-electron chi connectivity index (χ3n) is 3.54. The number of nitrogens with one attached hydrogen (secondary N) is 1. The molecule has 2 aromatic rings. The molecule has 0 unspecified atom stereocenters. The van der Waals surface area contributed by atoms with Gasteiger partial charge in [0.2, 0.25) is 0 Å². The molecule has 0 spiro atoms. The highest BCUT2D eigenvalue weighted by atomic mass is 32.2. The summed E-state index contributed by atoms with van der Waals surface area (Å²) in [4.78, 5) is 1.35. The molecule has 0 aliphatic carbocycles. The number of benzene rings is 2. The van der Waals surface area contributed by atoms with Gasteiger partial charge in [-0.2, -0.15) is 0 Å². The first-order valence-electron chi connectivity index (χ1n) is 7.18. The van der Waals surface area contributed by atoms with E-state index in [0.717, 1.165) is 18.8 Å². The molecule has 106 valence electrons. The van der Waals surface area contributed by atoms with Crippen LogP contribution in [0.1, 0.15) is 29.2 Å². The van der Waals surface area contributed by atoms with Crippen molar-refractivity contribution >= 4 is 11.8 Å². The molecule has 2 heteroatoms. The molecule has 0 radical (unpaired) electrons. The predicted molar refractivity (Wildman–Crippen MR) is 89.3 cm³/mol. The maximum Gasteiger partial charge on any atom is 0.0234 e. The topological polar surface area (TPSA) is 12.0 Å². The van der Waals surface area contributed by atoms with Gasteiger partial charge in [-0.05, 0) is 54.8 Å². The molecular weight excluding hydrogens is 262 g/mol. The van der Waals surface area contributed by atoms with Crippen LogP contribution in [0.3, 0.4) is 0 Å². The summed E-state index contributed by atoms with van der Waals surface area (Å²) in [5.74, 6) is 1.04. The largest absolute Gasteiger partial charge is 0.313 e. The Morgan fingerprint density at radius 2 is 1.75 bits per heavy atom. The Balaban J connectivity index is 2.00. The number of hydrogen-bond acceptors (Lipinski definition) is 2. The smallest absolute Gasteiger partial charge is 0.0234 e. The van der Waals surface area contributed by atoms with Gasteiger partial charge in [-0.1, -0.05) is 37.3 Å². The summed E-state index contributed by atoms with van der Waals surface area (Å²) in [6.45, 7) is 8.50. The Labute approximate surface area is 126 Å². The summed E-state index contributed by atoms with van der Waals surface area (Å²) >= 11 is 1.91. The molecule has 1 nitrogen and oxygen atoms in total. The predicted octanol–water partition coefficient (Wildman–Crippen LogP) is 4.71. The van der Waals surface area contributed by atoms with Crippen molar-refractivity contribution in [3.8, 4) is 0 Å². The Hall–Kier alpha value is -1.25. The lowest BCUT2D eigenvalue weighted by Crippen LogP contribution is -2.12. The Morgan fingerprint density at radius 1 is 0.950 bits per heavy atom. The molecular formula is C18H23NS. The van der Waals surface area contributed by atoms with E-state index in [0.29, 0.717) is 0 Å². The second-order valence-electron chi connectivity index (χ2n) is 5.08. The van der Waals surface area contributed by atoms with E-state index in [4.69, 9.17) is 0 Å². The lowest BCUT2D eigenvalue weighted by molar-refractivity contribution is 0.723. The summed E-state index contributed by atoms with van der Waals surface area (Å²) in [5, 5.41) is 3.38. The molecule has 0 heterocycles. The molecule has 0 aliphatic heterocycles. The van der Waals surface area contributed by atoms with Crippen LogP contribution in [0.15, 0.2) is 47.4 Å². The number of thioether (sulfide) groups is 1. The van der Waals surface area contributed by atoms with Crippen molar-refractivity contribution in [2.24, 2.45) is 0 Å². The lowest BCUT2D eigenvalue weighted by atomic mass is 10.1. The van der Waals surface area contributed by atoms with Crippen molar-refractivity contribution in [1.29, 1.82) is 0 Å². The van der Waals surface area contributed by atoms with E-state index in [1.807, 2.05) is 11.8 Å². The monoisotopic (exact) mass is 285 g/mol. The maximum absolute atomic E-state index is 3.38. The first-order valence-corrected chi connectivity index (χ1v) is 8.17.